The van der Waals surface area contributed by atoms with Crippen LogP contribution in [0.1, 0.15) is 35.7 Å². The number of carboxylic acid groups (broad SMARTS) is 1. The average Bonchev–Trinajstić information content (AvgIpc) is 2.67. The van der Waals surface area contributed by atoms with Crippen molar-refractivity contribution >= 4 is 16.9 Å². The lowest BCUT2D eigenvalue weighted by Crippen LogP contribution is -2.01. The molecule has 1 heterocycles. The number of hydrogen-bond donors (Lipinski definition) is 1. The third-order valence-electron chi connectivity index (χ3n) is 3.10. The fraction of sp³-hybridized carbons (Fsp3) is 0.357. The zero-order chi connectivity index (χ0) is 12.4. The van der Waals surface area contributed by atoms with Crippen LogP contribution in [0.25, 0.3) is 10.9 Å². The number of aromatic nitrogens is 1. The summed E-state index contributed by atoms with van der Waals surface area (Å²) in [5.41, 5.74) is 2.23. The van der Waals surface area contributed by atoms with E-state index in [0.717, 1.165) is 35.9 Å². The van der Waals surface area contributed by atoms with Crippen molar-refractivity contribution in [3.63, 3.8) is 0 Å². The second-order valence-corrected chi connectivity index (χ2v) is 4.39. The predicted molar refractivity (Wildman–Crippen MR) is 68.5 cm³/mol. The number of aromatic carboxylic acids is 1. The third-order valence-corrected chi connectivity index (χ3v) is 3.10. The van der Waals surface area contributed by atoms with Crippen LogP contribution in [-0.4, -0.2) is 15.6 Å². The predicted octanol–water partition coefficient (Wildman–Crippen LogP) is 3.45. The Kier molecular flexibility index (Phi) is 3.18. The van der Waals surface area contributed by atoms with Gasteiger partial charge in [0, 0.05) is 18.3 Å². The van der Waals surface area contributed by atoms with E-state index in [2.05, 4.69) is 11.5 Å². The first-order chi connectivity index (χ1) is 8.13. The Morgan fingerprint density at radius 1 is 1.41 bits per heavy atom. The number of rotatable bonds is 4. The van der Waals surface area contributed by atoms with E-state index in [1.165, 1.54) is 0 Å². The molecule has 3 nitrogen and oxygen atoms in total. The van der Waals surface area contributed by atoms with E-state index in [4.69, 9.17) is 5.11 Å². The average molecular weight is 231 g/mol. The van der Waals surface area contributed by atoms with Crippen LogP contribution in [-0.2, 0) is 6.54 Å². The van der Waals surface area contributed by atoms with Gasteiger partial charge in [-0.15, -0.1) is 0 Å². The number of aryl methyl sites for hydroxylation is 2. The Labute approximate surface area is 101 Å². The minimum absolute atomic E-state index is 0.397. The SMILES string of the molecule is CCCCn1ccc2cc(C)c(C(=O)O)cc21. The number of unbranched alkanes of at least 4 members (excludes halogenated alkanes) is 1. The van der Waals surface area contributed by atoms with Crippen LogP contribution in [0.5, 0.6) is 0 Å². The van der Waals surface area contributed by atoms with E-state index in [-0.39, 0.29) is 0 Å². The van der Waals surface area contributed by atoms with Crippen LogP contribution in [0.3, 0.4) is 0 Å². The summed E-state index contributed by atoms with van der Waals surface area (Å²) in [6, 6.07) is 5.77. The molecule has 0 unspecified atom stereocenters. The van der Waals surface area contributed by atoms with E-state index < -0.39 is 5.97 Å². The van der Waals surface area contributed by atoms with E-state index in [1.807, 2.05) is 25.3 Å². The summed E-state index contributed by atoms with van der Waals surface area (Å²) in [4.78, 5) is 11.1. The molecule has 0 spiro atoms. The normalized spacial score (nSPS) is 10.9. The van der Waals surface area contributed by atoms with Gasteiger partial charge in [0.15, 0.2) is 0 Å². The Morgan fingerprint density at radius 2 is 2.18 bits per heavy atom. The molecule has 0 fully saturated rings. The Morgan fingerprint density at radius 3 is 2.82 bits per heavy atom. The minimum Gasteiger partial charge on any atom is -0.478 e. The molecule has 0 aliphatic carbocycles. The van der Waals surface area contributed by atoms with E-state index in [1.54, 1.807) is 6.07 Å². The minimum atomic E-state index is -0.854. The zero-order valence-electron chi connectivity index (χ0n) is 10.2. The Balaban J connectivity index is 2.51. The van der Waals surface area contributed by atoms with Crippen molar-refractivity contribution in [3.05, 3.63) is 35.5 Å². The summed E-state index contributed by atoms with van der Waals surface area (Å²) in [6.07, 6.45) is 4.28. The van der Waals surface area contributed by atoms with Gasteiger partial charge >= 0.3 is 5.97 Å². The van der Waals surface area contributed by atoms with Crippen molar-refractivity contribution in [2.75, 3.05) is 0 Å². The van der Waals surface area contributed by atoms with Crippen molar-refractivity contribution in [2.24, 2.45) is 0 Å². The summed E-state index contributed by atoms with van der Waals surface area (Å²) >= 11 is 0. The summed E-state index contributed by atoms with van der Waals surface area (Å²) in [6.45, 7) is 4.94. The topological polar surface area (TPSA) is 42.2 Å². The maximum atomic E-state index is 11.1. The fourth-order valence-electron chi connectivity index (χ4n) is 2.11. The molecular formula is C14H17NO2. The van der Waals surface area contributed by atoms with Gasteiger partial charge in [0.05, 0.1) is 5.56 Å². The number of carboxylic acids is 1. The molecule has 0 saturated heterocycles. The van der Waals surface area contributed by atoms with Crippen LogP contribution in [0.15, 0.2) is 24.4 Å². The number of nitrogens with zero attached hydrogens (tertiary/aromatic N) is 1. The van der Waals surface area contributed by atoms with Crippen molar-refractivity contribution in [2.45, 2.75) is 33.2 Å². The summed E-state index contributed by atoms with van der Waals surface area (Å²) in [7, 11) is 0. The molecule has 1 aromatic heterocycles. The lowest BCUT2D eigenvalue weighted by Gasteiger charge is -2.06. The first kappa shape index (κ1) is 11.7. The number of fused-ring (bicyclic) bond motifs is 1. The van der Waals surface area contributed by atoms with Gasteiger partial charge in [-0.3, -0.25) is 0 Å². The monoisotopic (exact) mass is 231 g/mol. The molecular weight excluding hydrogens is 214 g/mol. The van der Waals surface area contributed by atoms with Gasteiger partial charge in [-0.1, -0.05) is 13.3 Å². The summed E-state index contributed by atoms with van der Waals surface area (Å²) in [5, 5.41) is 10.2. The summed E-state index contributed by atoms with van der Waals surface area (Å²) in [5.74, 6) is -0.854. The highest BCUT2D eigenvalue weighted by Gasteiger charge is 2.10. The van der Waals surface area contributed by atoms with Crippen molar-refractivity contribution in [1.29, 1.82) is 0 Å². The van der Waals surface area contributed by atoms with Crippen LogP contribution in [0.2, 0.25) is 0 Å². The zero-order valence-corrected chi connectivity index (χ0v) is 10.2. The first-order valence-electron chi connectivity index (χ1n) is 5.96. The highest BCUT2D eigenvalue weighted by molar-refractivity contribution is 5.95. The second-order valence-electron chi connectivity index (χ2n) is 4.39. The Hall–Kier alpha value is -1.77. The van der Waals surface area contributed by atoms with Gasteiger partial charge in [0.1, 0.15) is 0 Å². The molecule has 2 rings (SSSR count). The smallest absolute Gasteiger partial charge is 0.336 e. The Bertz CT molecular complexity index is 555. The van der Waals surface area contributed by atoms with Crippen molar-refractivity contribution in [3.8, 4) is 0 Å². The van der Waals surface area contributed by atoms with Crippen molar-refractivity contribution in [1.82, 2.24) is 4.57 Å². The van der Waals surface area contributed by atoms with Gasteiger partial charge in [0.2, 0.25) is 0 Å². The van der Waals surface area contributed by atoms with Gasteiger partial charge in [0.25, 0.3) is 0 Å². The highest BCUT2D eigenvalue weighted by atomic mass is 16.4. The van der Waals surface area contributed by atoms with E-state index >= 15 is 0 Å². The van der Waals surface area contributed by atoms with E-state index in [0.29, 0.717) is 5.56 Å². The van der Waals surface area contributed by atoms with Gasteiger partial charge in [-0.2, -0.15) is 0 Å². The lowest BCUT2D eigenvalue weighted by atomic mass is 10.1. The third kappa shape index (κ3) is 2.18. The first-order valence-corrected chi connectivity index (χ1v) is 5.96. The maximum absolute atomic E-state index is 11.1. The molecule has 0 amide bonds. The second kappa shape index (κ2) is 4.62. The summed E-state index contributed by atoms with van der Waals surface area (Å²) < 4.78 is 2.13. The molecule has 0 radical (unpaired) electrons. The molecule has 17 heavy (non-hydrogen) atoms. The van der Waals surface area contributed by atoms with Crippen LogP contribution < -0.4 is 0 Å². The maximum Gasteiger partial charge on any atom is 0.336 e. The quantitative estimate of drug-likeness (QED) is 0.875. The van der Waals surface area contributed by atoms with Gasteiger partial charge < -0.3 is 9.67 Å². The molecule has 0 saturated carbocycles. The number of benzene rings is 1. The molecule has 0 aliphatic rings. The molecule has 1 aromatic carbocycles. The number of hydrogen-bond acceptors (Lipinski definition) is 1. The molecule has 0 aliphatic heterocycles. The van der Waals surface area contributed by atoms with Gasteiger partial charge in [-0.05, 0) is 42.5 Å². The molecule has 1 N–H and O–H groups in total. The lowest BCUT2D eigenvalue weighted by molar-refractivity contribution is 0.0696. The van der Waals surface area contributed by atoms with Crippen LogP contribution in [0, 0.1) is 6.92 Å². The van der Waals surface area contributed by atoms with Crippen molar-refractivity contribution < 1.29 is 9.90 Å². The molecule has 2 aromatic rings. The van der Waals surface area contributed by atoms with E-state index in [9.17, 15) is 4.79 Å². The molecule has 90 valence electrons. The van der Waals surface area contributed by atoms with Gasteiger partial charge in [-0.25, -0.2) is 4.79 Å². The number of carbonyl (C=O) groups is 1. The standard InChI is InChI=1S/C14H17NO2/c1-3-4-6-15-7-5-11-8-10(2)12(14(16)17)9-13(11)15/h5,7-9H,3-4,6H2,1-2H3,(H,16,17). The largest absolute Gasteiger partial charge is 0.478 e. The molecule has 3 heteroatoms. The fourth-order valence-corrected chi connectivity index (χ4v) is 2.11. The highest BCUT2D eigenvalue weighted by Crippen LogP contribution is 2.21. The molecule has 0 bridgehead atoms. The van der Waals surface area contributed by atoms with Crippen LogP contribution in [0.4, 0.5) is 0 Å². The molecule has 0 atom stereocenters. The van der Waals surface area contributed by atoms with Crippen LogP contribution >= 0.6 is 0 Å².